The maximum absolute atomic E-state index is 5.61. The van der Waals surface area contributed by atoms with Gasteiger partial charge in [0.2, 0.25) is 11.7 Å². The van der Waals surface area contributed by atoms with Crippen LogP contribution in [0.2, 0.25) is 0 Å². The highest BCUT2D eigenvalue weighted by atomic mass is 16.5. The molecule has 6 nitrogen and oxygen atoms in total. The summed E-state index contributed by atoms with van der Waals surface area (Å²) in [7, 11) is 0. The van der Waals surface area contributed by atoms with E-state index in [0.717, 1.165) is 37.5 Å². The first-order valence-corrected chi connectivity index (χ1v) is 7.34. The Hall–Kier alpha value is -1.92. The number of aromatic nitrogens is 2. The molecule has 0 saturated carbocycles. The van der Waals surface area contributed by atoms with Gasteiger partial charge in [-0.05, 0) is 19.1 Å². The molecule has 1 aliphatic heterocycles. The second-order valence-electron chi connectivity index (χ2n) is 4.97. The Bertz CT molecular complexity index is 579. The first-order valence-electron chi connectivity index (χ1n) is 7.34. The molecule has 0 spiro atoms. The van der Waals surface area contributed by atoms with Crippen LogP contribution in [-0.2, 0) is 6.54 Å². The summed E-state index contributed by atoms with van der Waals surface area (Å²) in [5, 5.41) is 7.41. The Balaban J connectivity index is 1.75. The Labute approximate surface area is 124 Å². The van der Waals surface area contributed by atoms with Crippen LogP contribution in [0.25, 0.3) is 11.4 Å². The summed E-state index contributed by atoms with van der Waals surface area (Å²) in [6, 6.07) is 7.76. The monoisotopic (exact) mass is 288 g/mol. The Morgan fingerprint density at radius 3 is 2.90 bits per heavy atom. The van der Waals surface area contributed by atoms with E-state index >= 15 is 0 Å². The molecule has 2 heterocycles. The third kappa shape index (κ3) is 3.40. The van der Waals surface area contributed by atoms with Crippen LogP contribution in [-0.4, -0.2) is 47.8 Å². The Morgan fingerprint density at radius 1 is 1.29 bits per heavy atom. The van der Waals surface area contributed by atoms with Crippen molar-refractivity contribution in [1.29, 1.82) is 0 Å². The van der Waals surface area contributed by atoms with Gasteiger partial charge in [0.25, 0.3) is 0 Å². The van der Waals surface area contributed by atoms with Gasteiger partial charge in [0.05, 0.1) is 18.7 Å². The summed E-state index contributed by atoms with van der Waals surface area (Å²) in [4.78, 5) is 6.81. The van der Waals surface area contributed by atoms with Crippen molar-refractivity contribution in [3.05, 3.63) is 30.2 Å². The van der Waals surface area contributed by atoms with E-state index in [-0.39, 0.29) is 0 Å². The van der Waals surface area contributed by atoms with E-state index in [1.165, 1.54) is 0 Å². The predicted molar refractivity (Wildman–Crippen MR) is 79.0 cm³/mol. The third-order valence-corrected chi connectivity index (χ3v) is 3.46. The predicted octanol–water partition coefficient (Wildman–Crippen LogP) is 1.54. The Kier molecular flexibility index (Phi) is 4.47. The van der Waals surface area contributed by atoms with Gasteiger partial charge in [-0.2, -0.15) is 4.98 Å². The average molecular weight is 288 g/mol. The Morgan fingerprint density at radius 2 is 2.10 bits per heavy atom. The molecule has 1 aromatic heterocycles. The molecule has 21 heavy (non-hydrogen) atoms. The lowest BCUT2D eigenvalue weighted by atomic mass is 10.2. The van der Waals surface area contributed by atoms with E-state index < -0.39 is 0 Å². The molecule has 0 amide bonds. The molecule has 1 aliphatic rings. The van der Waals surface area contributed by atoms with Crippen LogP contribution >= 0.6 is 0 Å². The number of piperazine rings is 1. The zero-order valence-corrected chi connectivity index (χ0v) is 12.2. The number of benzene rings is 1. The van der Waals surface area contributed by atoms with Crippen molar-refractivity contribution in [2.45, 2.75) is 13.5 Å². The molecule has 0 unspecified atom stereocenters. The van der Waals surface area contributed by atoms with Gasteiger partial charge in [-0.1, -0.05) is 17.3 Å². The number of hydrogen-bond acceptors (Lipinski definition) is 6. The van der Waals surface area contributed by atoms with Crippen LogP contribution < -0.4 is 10.1 Å². The molecule has 1 aromatic carbocycles. The van der Waals surface area contributed by atoms with Crippen LogP contribution in [0.5, 0.6) is 5.75 Å². The SMILES string of the molecule is CCOc1ccccc1-c1noc(CN2CCNCC2)n1. The van der Waals surface area contributed by atoms with E-state index in [0.29, 0.717) is 24.9 Å². The molecule has 0 aliphatic carbocycles. The van der Waals surface area contributed by atoms with Crippen LogP contribution in [0, 0.1) is 0 Å². The molecule has 3 rings (SSSR count). The zero-order valence-electron chi connectivity index (χ0n) is 12.2. The number of para-hydroxylation sites is 1. The number of hydrogen-bond donors (Lipinski definition) is 1. The molecular weight excluding hydrogens is 268 g/mol. The molecular formula is C15H20N4O2. The van der Waals surface area contributed by atoms with Crippen LogP contribution in [0.4, 0.5) is 0 Å². The normalized spacial score (nSPS) is 16.0. The molecule has 0 atom stereocenters. The second kappa shape index (κ2) is 6.69. The summed E-state index contributed by atoms with van der Waals surface area (Å²) < 4.78 is 11.0. The number of ether oxygens (including phenoxy) is 1. The number of rotatable bonds is 5. The van der Waals surface area contributed by atoms with E-state index in [1.807, 2.05) is 31.2 Å². The van der Waals surface area contributed by atoms with Crippen LogP contribution in [0.1, 0.15) is 12.8 Å². The smallest absolute Gasteiger partial charge is 0.241 e. The van der Waals surface area contributed by atoms with Gasteiger partial charge in [0.1, 0.15) is 5.75 Å². The van der Waals surface area contributed by atoms with Crippen LogP contribution in [0.3, 0.4) is 0 Å². The molecule has 6 heteroatoms. The van der Waals surface area contributed by atoms with Crippen molar-refractivity contribution < 1.29 is 9.26 Å². The summed E-state index contributed by atoms with van der Waals surface area (Å²) >= 11 is 0. The van der Waals surface area contributed by atoms with Gasteiger partial charge in [-0.15, -0.1) is 0 Å². The molecule has 0 radical (unpaired) electrons. The fourth-order valence-corrected chi connectivity index (χ4v) is 2.42. The minimum Gasteiger partial charge on any atom is -0.493 e. The van der Waals surface area contributed by atoms with Gasteiger partial charge >= 0.3 is 0 Å². The van der Waals surface area contributed by atoms with Crippen molar-refractivity contribution >= 4 is 0 Å². The maximum Gasteiger partial charge on any atom is 0.241 e. The zero-order chi connectivity index (χ0) is 14.5. The average Bonchev–Trinajstić information content (AvgIpc) is 2.97. The maximum atomic E-state index is 5.61. The van der Waals surface area contributed by atoms with Gasteiger partial charge in [0, 0.05) is 26.2 Å². The molecule has 112 valence electrons. The highest BCUT2D eigenvalue weighted by molar-refractivity contribution is 5.63. The summed E-state index contributed by atoms with van der Waals surface area (Å²) in [6.07, 6.45) is 0. The summed E-state index contributed by atoms with van der Waals surface area (Å²) in [5.74, 6) is 2.02. The highest BCUT2D eigenvalue weighted by Gasteiger charge is 2.16. The lowest BCUT2D eigenvalue weighted by molar-refractivity contribution is 0.203. The van der Waals surface area contributed by atoms with E-state index in [9.17, 15) is 0 Å². The fraction of sp³-hybridized carbons (Fsp3) is 0.467. The van der Waals surface area contributed by atoms with Crippen molar-refractivity contribution in [3.8, 4) is 17.1 Å². The van der Waals surface area contributed by atoms with Crippen molar-refractivity contribution in [3.63, 3.8) is 0 Å². The topological polar surface area (TPSA) is 63.4 Å². The van der Waals surface area contributed by atoms with Crippen LogP contribution in [0.15, 0.2) is 28.8 Å². The van der Waals surface area contributed by atoms with Gasteiger partial charge in [-0.3, -0.25) is 4.90 Å². The van der Waals surface area contributed by atoms with E-state index in [4.69, 9.17) is 9.26 Å². The molecule has 1 saturated heterocycles. The minimum absolute atomic E-state index is 0.587. The number of nitrogens with one attached hydrogen (secondary N) is 1. The fourth-order valence-electron chi connectivity index (χ4n) is 2.42. The lowest BCUT2D eigenvalue weighted by Gasteiger charge is -2.25. The van der Waals surface area contributed by atoms with Crippen molar-refractivity contribution in [1.82, 2.24) is 20.4 Å². The largest absolute Gasteiger partial charge is 0.493 e. The molecule has 1 fully saturated rings. The van der Waals surface area contributed by atoms with Crippen molar-refractivity contribution in [2.75, 3.05) is 32.8 Å². The van der Waals surface area contributed by atoms with Crippen molar-refractivity contribution in [2.24, 2.45) is 0 Å². The minimum atomic E-state index is 0.587. The van der Waals surface area contributed by atoms with E-state index in [2.05, 4.69) is 20.4 Å². The number of nitrogens with zero attached hydrogens (tertiary/aromatic N) is 3. The lowest BCUT2D eigenvalue weighted by Crippen LogP contribution is -2.42. The van der Waals surface area contributed by atoms with Gasteiger partial charge in [0.15, 0.2) is 0 Å². The third-order valence-electron chi connectivity index (χ3n) is 3.46. The van der Waals surface area contributed by atoms with E-state index in [1.54, 1.807) is 0 Å². The van der Waals surface area contributed by atoms with Gasteiger partial charge < -0.3 is 14.6 Å². The molecule has 2 aromatic rings. The summed E-state index contributed by atoms with van der Waals surface area (Å²) in [5.41, 5.74) is 0.870. The standard InChI is InChI=1S/C15H20N4O2/c1-2-20-13-6-4-3-5-12(13)15-17-14(21-18-15)11-19-9-7-16-8-10-19/h3-6,16H,2,7-11H2,1H3. The first-order chi connectivity index (χ1) is 10.4. The highest BCUT2D eigenvalue weighted by Crippen LogP contribution is 2.27. The van der Waals surface area contributed by atoms with Gasteiger partial charge in [-0.25, -0.2) is 0 Å². The first kappa shape index (κ1) is 14.0. The quantitative estimate of drug-likeness (QED) is 0.900. The summed E-state index contributed by atoms with van der Waals surface area (Å²) in [6.45, 7) is 7.31. The molecule has 1 N–H and O–H groups in total. The second-order valence-corrected chi connectivity index (χ2v) is 4.97. The molecule has 0 bridgehead atoms.